The van der Waals surface area contributed by atoms with Gasteiger partial charge in [0.15, 0.2) is 0 Å². The molecule has 0 saturated carbocycles. The number of rotatable bonds is 6. The average Bonchev–Trinajstić information content (AvgIpc) is 3.18. The number of nitrogens with one attached hydrogen (secondary N) is 1. The van der Waals surface area contributed by atoms with Gasteiger partial charge in [0.25, 0.3) is 0 Å². The Hall–Kier alpha value is -1.83. The monoisotopic (exact) mass is 413 g/mol. The fourth-order valence-corrected chi connectivity index (χ4v) is 5.33. The smallest absolute Gasteiger partial charge is 0.223 e. The lowest BCUT2D eigenvalue weighted by Crippen LogP contribution is -2.49. The van der Waals surface area contributed by atoms with Crippen molar-refractivity contribution < 1.29 is 4.79 Å². The van der Waals surface area contributed by atoms with Crippen molar-refractivity contribution in [2.24, 2.45) is 5.92 Å². The molecule has 7 heteroatoms. The number of hydrogen-bond acceptors (Lipinski definition) is 6. The molecule has 0 spiro atoms. The molecule has 1 amide bonds. The average molecular weight is 414 g/mol. The van der Waals surface area contributed by atoms with Gasteiger partial charge in [0, 0.05) is 48.9 Å². The first-order valence-corrected chi connectivity index (χ1v) is 11.5. The van der Waals surface area contributed by atoms with E-state index >= 15 is 0 Å². The van der Waals surface area contributed by atoms with Crippen molar-refractivity contribution in [2.45, 2.75) is 51.7 Å². The van der Waals surface area contributed by atoms with Crippen LogP contribution in [0.25, 0.3) is 0 Å². The molecule has 6 nitrogen and oxygen atoms in total. The molecule has 0 aliphatic carbocycles. The first-order valence-electron chi connectivity index (χ1n) is 10.7. The molecule has 2 aromatic rings. The van der Waals surface area contributed by atoms with Gasteiger partial charge in [-0.3, -0.25) is 14.7 Å². The lowest BCUT2D eigenvalue weighted by Gasteiger charge is -2.41. The van der Waals surface area contributed by atoms with E-state index in [1.807, 2.05) is 35.7 Å². The van der Waals surface area contributed by atoms with Crippen LogP contribution < -0.4 is 5.32 Å². The topological polar surface area (TPSA) is 61.4 Å². The van der Waals surface area contributed by atoms with Crippen LogP contribution in [0.2, 0.25) is 0 Å². The largest absolute Gasteiger partial charge is 0.350 e. The molecule has 0 bridgehead atoms. The Morgan fingerprint density at radius 2 is 1.93 bits per heavy atom. The van der Waals surface area contributed by atoms with Gasteiger partial charge in [-0.05, 0) is 57.8 Å². The number of aromatic nitrogens is 2. The highest BCUT2D eigenvalue weighted by atomic mass is 32.1. The van der Waals surface area contributed by atoms with Crippen LogP contribution in [0.15, 0.2) is 30.6 Å². The molecule has 4 rings (SSSR count). The molecule has 29 heavy (non-hydrogen) atoms. The Labute approximate surface area is 177 Å². The minimum absolute atomic E-state index is 0.143. The second-order valence-electron chi connectivity index (χ2n) is 8.20. The number of piperidine rings is 2. The van der Waals surface area contributed by atoms with E-state index in [0.717, 1.165) is 56.3 Å². The van der Waals surface area contributed by atoms with Gasteiger partial charge in [-0.2, -0.15) is 0 Å². The summed E-state index contributed by atoms with van der Waals surface area (Å²) in [5.74, 6) is 0.328. The summed E-state index contributed by atoms with van der Waals surface area (Å²) < 4.78 is 0. The van der Waals surface area contributed by atoms with Crippen LogP contribution in [-0.2, 0) is 17.9 Å². The zero-order valence-corrected chi connectivity index (χ0v) is 18.0. The van der Waals surface area contributed by atoms with Crippen LogP contribution in [0, 0.1) is 12.8 Å². The van der Waals surface area contributed by atoms with E-state index in [4.69, 9.17) is 0 Å². The number of carbonyl (C=O) groups is 1. The maximum atomic E-state index is 12.5. The first kappa shape index (κ1) is 20.4. The molecule has 2 saturated heterocycles. The summed E-state index contributed by atoms with van der Waals surface area (Å²) in [6.45, 7) is 8.04. The number of amides is 1. The summed E-state index contributed by atoms with van der Waals surface area (Å²) in [6, 6.07) is 6.47. The summed E-state index contributed by atoms with van der Waals surface area (Å²) >= 11 is 1.81. The predicted molar refractivity (Wildman–Crippen MR) is 116 cm³/mol. The molecule has 4 heterocycles. The Morgan fingerprint density at radius 3 is 2.59 bits per heavy atom. The number of carbonyl (C=O) groups excluding carboxylic acids is 1. The van der Waals surface area contributed by atoms with Gasteiger partial charge in [0.2, 0.25) is 5.91 Å². The van der Waals surface area contributed by atoms with Crippen LogP contribution in [0.1, 0.15) is 41.3 Å². The summed E-state index contributed by atoms with van der Waals surface area (Å²) in [4.78, 5) is 27.7. The molecule has 2 aromatic heterocycles. The highest BCUT2D eigenvalue weighted by molar-refractivity contribution is 7.11. The van der Waals surface area contributed by atoms with Crippen molar-refractivity contribution in [3.63, 3.8) is 0 Å². The Kier molecular flexibility index (Phi) is 6.90. The van der Waals surface area contributed by atoms with E-state index in [-0.39, 0.29) is 11.8 Å². The highest BCUT2D eigenvalue weighted by Crippen LogP contribution is 2.25. The molecular weight excluding hydrogens is 382 g/mol. The zero-order valence-electron chi connectivity index (χ0n) is 17.2. The second kappa shape index (κ2) is 9.78. The summed E-state index contributed by atoms with van der Waals surface area (Å²) in [5.41, 5.74) is 0.915. The quantitative estimate of drug-likeness (QED) is 0.789. The van der Waals surface area contributed by atoms with E-state index in [9.17, 15) is 4.79 Å². The molecule has 2 aliphatic heterocycles. The van der Waals surface area contributed by atoms with Crippen molar-refractivity contribution in [1.82, 2.24) is 25.1 Å². The first-order chi connectivity index (χ1) is 14.2. The minimum Gasteiger partial charge on any atom is -0.350 e. The Bertz CT molecular complexity index is 780. The number of aryl methyl sites for hydroxylation is 1. The SMILES string of the molecule is Cc1ncc(CN2CCC(N3CCC(C(=O)NCc4ccccn4)CC3)CC2)s1. The van der Waals surface area contributed by atoms with E-state index in [2.05, 4.69) is 32.0 Å². The van der Waals surface area contributed by atoms with Crippen molar-refractivity contribution in [1.29, 1.82) is 0 Å². The number of likely N-dealkylation sites (tertiary alicyclic amines) is 2. The van der Waals surface area contributed by atoms with E-state index < -0.39 is 0 Å². The summed E-state index contributed by atoms with van der Waals surface area (Å²) in [7, 11) is 0. The third kappa shape index (κ3) is 5.62. The number of pyridine rings is 1. The fraction of sp³-hybridized carbons (Fsp3) is 0.591. The Balaban J connectivity index is 1.17. The van der Waals surface area contributed by atoms with Crippen molar-refractivity contribution in [3.05, 3.63) is 46.2 Å². The predicted octanol–water partition coefficient (Wildman–Crippen LogP) is 2.84. The van der Waals surface area contributed by atoms with Gasteiger partial charge in [-0.15, -0.1) is 11.3 Å². The van der Waals surface area contributed by atoms with Crippen LogP contribution in [0.4, 0.5) is 0 Å². The van der Waals surface area contributed by atoms with Crippen molar-refractivity contribution in [2.75, 3.05) is 26.2 Å². The lowest BCUT2D eigenvalue weighted by atomic mass is 9.92. The molecule has 1 N–H and O–H groups in total. The lowest BCUT2D eigenvalue weighted by molar-refractivity contribution is -0.126. The van der Waals surface area contributed by atoms with Crippen LogP contribution >= 0.6 is 11.3 Å². The van der Waals surface area contributed by atoms with Gasteiger partial charge in [0.1, 0.15) is 0 Å². The van der Waals surface area contributed by atoms with Crippen LogP contribution in [0.3, 0.4) is 0 Å². The standard InChI is InChI=1S/C22H31N5OS/c1-17-24-15-21(29-17)16-26-10-7-20(8-11-26)27-12-5-18(6-13-27)22(28)25-14-19-4-2-3-9-23-19/h2-4,9,15,18,20H,5-8,10-14,16H2,1H3,(H,25,28). The maximum Gasteiger partial charge on any atom is 0.223 e. The molecule has 0 radical (unpaired) electrons. The van der Waals surface area contributed by atoms with Crippen LogP contribution in [-0.4, -0.2) is 57.9 Å². The molecular formula is C22H31N5OS. The highest BCUT2D eigenvalue weighted by Gasteiger charge is 2.30. The maximum absolute atomic E-state index is 12.5. The second-order valence-corrected chi connectivity index (χ2v) is 9.52. The fourth-order valence-electron chi connectivity index (χ4n) is 4.49. The van der Waals surface area contributed by atoms with E-state index in [0.29, 0.717) is 12.6 Å². The number of hydrogen-bond donors (Lipinski definition) is 1. The molecule has 156 valence electrons. The third-order valence-corrected chi connectivity index (χ3v) is 7.09. The molecule has 2 fully saturated rings. The molecule has 0 unspecified atom stereocenters. The van der Waals surface area contributed by atoms with Gasteiger partial charge in [-0.1, -0.05) is 6.07 Å². The van der Waals surface area contributed by atoms with Crippen LogP contribution in [0.5, 0.6) is 0 Å². The summed E-state index contributed by atoms with van der Waals surface area (Å²) in [5, 5.41) is 4.22. The molecule has 0 aromatic carbocycles. The van der Waals surface area contributed by atoms with Gasteiger partial charge < -0.3 is 10.2 Å². The van der Waals surface area contributed by atoms with Gasteiger partial charge in [0.05, 0.1) is 17.2 Å². The normalized spacial score (nSPS) is 20.0. The zero-order chi connectivity index (χ0) is 20.1. The van der Waals surface area contributed by atoms with Crippen molar-refractivity contribution in [3.8, 4) is 0 Å². The summed E-state index contributed by atoms with van der Waals surface area (Å²) in [6.07, 6.45) is 8.19. The number of nitrogens with zero attached hydrogens (tertiary/aromatic N) is 4. The molecule has 2 aliphatic rings. The van der Waals surface area contributed by atoms with Gasteiger partial charge >= 0.3 is 0 Å². The Morgan fingerprint density at radius 1 is 1.14 bits per heavy atom. The van der Waals surface area contributed by atoms with E-state index in [1.54, 1.807) is 6.20 Å². The van der Waals surface area contributed by atoms with Gasteiger partial charge in [-0.25, -0.2) is 4.98 Å². The van der Waals surface area contributed by atoms with Crippen molar-refractivity contribution >= 4 is 17.2 Å². The minimum atomic E-state index is 0.143. The third-order valence-electron chi connectivity index (χ3n) is 6.19. The molecule has 0 atom stereocenters. The van der Waals surface area contributed by atoms with E-state index in [1.165, 1.54) is 17.7 Å². The number of thiazole rings is 1.